The normalized spacial score (nSPS) is 14.0. The maximum Gasteiger partial charge on any atom is 0.324 e. The second kappa shape index (κ2) is 7.37. The topological polar surface area (TPSA) is 53.4 Å². The summed E-state index contributed by atoms with van der Waals surface area (Å²) in [6.07, 6.45) is 1.26. The predicted octanol–water partition coefficient (Wildman–Crippen LogP) is 4.48. The van der Waals surface area contributed by atoms with Crippen LogP contribution in [-0.4, -0.2) is 21.8 Å². The van der Waals surface area contributed by atoms with E-state index in [0.29, 0.717) is 11.1 Å². The number of rotatable bonds is 5. The van der Waals surface area contributed by atoms with E-state index in [0.717, 1.165) is 29.3 Å². The highest BCUT2D eigenvalue weighted by atomic mass is 19.3. The maximum absolute atomic E-state index is 15.1. The van der Waals surface area contributed by atoms with E-state index < -0.39 is 35.2 Å². The number of benzene rings is 2. The van der Waals surface area contributed by atoms with Crippen LogP contribution >= 0.6 is 0 Å². The summed E-state index contributed by atoms with van der Waals surface area (Å²) in [6, 6.07) is 13.5. The number of aliphatic hydroxyl groups is 2. The third-order valence-corrected chi connectivity index (χ3v) is 4.79. The molecule has 28 heavy (non-hydrogen) atoms. The fraction of sp³-hybridized carbons (Fsp3) is 0.227. The molecule has 1 atom stereocenters. The van der Waals surface area contributed by atoms with Gasteiger partial charge in [0.05, 0.1) is 6.61 Å². The van der Waals surface area contributed by atoms with Gasteiger partial charge in [0.15, 0.2) is 5.60 Å². The van der Waals surface area contributed by atoms with Crippen LogP contribution in [0.25, 0.3) is 11.1 Å². The van der Waals surface area contributed by atoms with E-state index in [1.807, 2.05) is 31.2 Å². The molecule has 0 unspecified atom stereocenters. The van der Waals surface area contributed by atoms with Gasteiger partial charge in [-0.2, -0.15) is 8.78 Å². The third-order valence-electron chi connectivity index (χ3n) is 4.79. The van der Waals surface area contributed by atoms with E-state index >= 15 is 8.78 Å². The number of aryl methyl sites for hydroxylation is 2. The minimum absolute atomic E-state index is 0.505. The lowest BCUT2D eigenvalue weighted by atomic mass is 9.85. The number of aliphatic hydroxyl groups excluding tert-OH is 1. The number of hydrogen-bond donors (Lipinski definition) is 2. The Hall–Kier alpha value is -2.70. The molecule has 3 nitrogen and oxygen atoms in total. The molecule has 0 aliphatic rings. The lowest BCUT2D eigenvalue weighted by Crippen LogP contribution is -2.47. The fourth-order valence-electron chi connectivity index (χ4n) is 3.02. The van der Waals surface area contributed by atoms with E-state index in [1.165, 1.54) is 18.3 Å². The molecule has 0 aliphatic heterocycles. The Morgan fingerprint density at radius 2 is 1.50 bits per heavy atom. The Morgan fingerprint density at radius 3 is 2.04 bits per heavy atom. The van der Waals surface area contributed by atoms with Gasteiger partial charge in [-0.1, -0.05) is 48.0 Å². The van der Waals surface area contributed by atoms with Crippen molar-refractivity contribution in [2.45, 2.75) is 25.4 Å². The van der Waals surface area contributed by atoms with Crippen molar-refractivity contribution in [3.63, 3.8) is 0 Å². The molecule has 0 amide bonds. The van der Waals surface area contributed by atoms with Crippen molar-refractivity contribution in [2.24, 2.45) is 0 Å². The SMILES string of the molecule is Cc1ccc(-c2ccc(C(F)(F)[C@](O)(CO)c3ccc(C)cc3F)nc2)cc1. The van der Waals surface area contributed by atoms with Gasteiger partial charge < -0.3 is 10.2 Å². The third kappa shape index (κ3) is 3.41. The van der Waals surface area contributed by atoms with Crippen molar-refractivity contribution in [1.82, 2.24) is 4.98 Å². The van der Waals surface area contributed by atoms with Gasteiger partial charge in [0.25, 0.3) is 0 Å². The highest BCUT2D eigenvalue weighted by Gasteiger charge is 2.57. The summed E-state index contributed by atoms with van der Waals surface area (Å²) in [7, 11) is 0. The number of halogens is 3. The Bertz CT molecular complexity index is 972. The van der Waals surface area contributed by atoms with Gasteiger partial charge in [-0.3, -0.25) is 4.98 Å². The van der Waals surface area contributed by atoms with Gasteiger partial charge in [-0.15, -0.1) is 0 Å². The van der Waals surface area contributed by atoms with Crippen molar-refractivity contribution >= 4 is 0 Å². The first-order valence-electron chi connectivity index (χ1n) is 8.70. The van der Waals surface area contributed by atoms with Gasteiger partial charge in [0, 0.05) is 17.3 Å². The van der Waals surface area contributed by atoms with Crippen LogP contribution in [0.15, 0.2) is 60.8 Å². The van der Waals surface area contributed by atoms with Crippen LogP contribution in [0, 0.1) is 19.7 Å². The summed E-state index contributed by atoms with van der Waals surface area (Å²) < 4.78 is 44.5. The minimum Gasteiger partial charge on any atom is -0.393 e. The molecule has 3 rings (SSSR count). The highest BCUT2D eigenvalue weighted by Crippen LogP contribution is 2.45. The van der Waals surface area contributed by atoms with Crippen molar-refractivity contribution in [3.8, 4) is 11.1 Å². The molecule has 146 valence electrons. The molecule has 0 aliphatic carbocycles. The summed E-state index contributed by atoms with van der Waals surface area (Å²) in [5.74, 6) is -5.04. The number of alkyl halides is 2. The summed E-state index contributed by atoms with van der Waals surface area (Å²) in [4.78, 5) is 3.79. The average molecular weight is 387 g/mol. The van der Waals surface area contributed by atoms with Gasteiger partial charge in [0.1, 0.15) is 11.5 Å². The molecule has 1 aromatic heterocycles. The summed E-state index contributed by atoms with van der Waals surface area (Å²) >= 11 is 0. The van der Waals surface area contributed by atoms with Crippen LogP contribution < -0.4 is 0 Å². The van der Waals surface area contributed by atoms with Gasteiger partial charge in [-0.25, -0.2) is 4.39 Å². The first kappa shape index (κ1) is 20.0. The number of nitrogens with zero attached hydrogens (tertiary/aromatic N) is 1. The molecule has 6 heteroatoms. The van der Waals surface area contributed by atoms with Crippen LogP contribution in [0.5, 0.6) is 0 Å². The summed E-state index contributed by atoms with van der Waals surface area (Å²) in [5, 5.41) is 20.1. The molecule has 3 aromatic rings. The first-order valence-corrected chi connectivity index (χ1v) is 8.70. The Balaban J connectivity index is 2.01. The molecule has 1 heterocycles. The molecule has 0 spiro atoms. The van der Waals surface area contributed by atoms with Crippen LogP contribution in [0.2, 0.25) is 0 Å². The molecule has 0 saturated heterocycles. The number of hydrogen-bond acceptors (Lipinski definition) is 3. The van der Waals surface area contributed by atoms with Crippen molar-refractivity contribution in [2.75, 3.05) is 6.61 Å². The minimum atomic E-state index is -4.02. The zero-order chi connectivity index (χ0) is 20.5. The zero-order valence-electron chi connectivity index (χ0n) is 15.5. The first-order chi connectivity index (χ1) is 13.2. The molecule has 0 bridgehead atoms. The molecule has 0 radical (unpaired) electrons. The van der Waals surface area contributed by atoms with E-state index in [9.17, 15) is 14.6 Å². The monoisotopic (exact) mass is 387 g/mol. The highest BCUT2D eigenvalue weighted by molar-refractivity contribution is 5.62. The van der Waals surface area contributed by atoms with Gasteiger partial charge >= 0.3 is 5.92 Å². The van der Waals surface area contributed by atoms with Crippen molar-refractivity contribution < 1.29 is 23.4 Å². The predicted molar refractivity (Wildman–Crippen MR) is 100 cm³/mol. The van der Waals surface area contributed by atoms with E-state index in [4.69, 9.17) is 0 Å². The Labute approximate surface area is 161 Å². The number of aromatic nitrogens is 1. The van der Waals surface area contributed by atoms with E-state index in [1.54, 1.807) is 6.92 Å². The second-order valence-corrected chi connectivity index (χ2v) is 6.87. The summed E-state index contributed by atoms with van der Waals surface area (Å²) in [6.45, 7) is 2.15. The quantitative estimate of drug-likeness (QED) is 0.679. The van der Waals surface area contributed by atoms with E-state index in [2.05, 4.69) is 4.98 Å². The smallest absolute Gasteiger partial charge is 0.324 e. The second-order valence-electron chi connectivity index (χ2n) is 6.87. The summed E-state index contributed by atoms with van der Waals surface area (Å²) in [5.41, 5.74) is -1.61. The molecular formula is C22H20F3NO2. The standard InChI is InChI=1S/C22H20F3NO2/c1-14-3-6-16(7-4-14)17-8-10-20(26-12-17)22(24,25)21(28,13-27)18-9-5-15(2)11-19(18)23/h3-12,27-28H,13H2,1-2H3/t21-/m0/s1. The van der Waals surface area contributed by atoms with Crippen molar-refractivity contribution in [3.05, 3.63) is 89.0 Å². The maximum atomic E-state index is 15.1. The Kier molecular flexibility index (Phi) is 5.28. The Morgan fingerprint density at radius 1 is 0.893 bits per heavy atom. The van der Waals surface area contributed by atoms with Crippen LogP contribution in [0.4, 0.5) is 13.2 Å². The van der Waals surface area contributed by atoms with Gasteiger partial charge in [0.2, 0.25) is 0 Å². The molecular weight excluding hydrogens is 367 g/mol. The molecule has 2 N–H and O–H groups in total. The van der Waals surface area contributed by atoms with Crippen LogP contribution in [0.1, 0.15) is 22.4 Å². The molecule has 0 fully saturated rings. The lowest BCUT2D eigenvalue weighted by Gasteiger charge is -2.34. The van der Waals surface area contributed by atoms with Crippen LogP contribution in [-0.2, 0) is 11.5 Å². The number of pyridine rings is 1. The lowest BCUT2D eigenvalue weighted by molar-refractivity contribution is -0.216. The van der Waals surface area contributed by atoms with Gasteiger partial charge in [-0.05, 0) is 37.1 Å². The van der Waals surface area contributed by atoms with Crippen molar-refractivity contribution in [1.29, 1.82) is 0 Å². The zero-order valence-corrected chi connectivity index (χ0v) is 15.5. The largest absolute Gasteiger partial charge is 0.393 e. The molecule has 2 aromatic carbocycles. The van der Waals surface area contributed by atoms with Crippen LogP contribution in [0.3, 0.4) is 0 Å². The average Bonchev–Trinajstić information content (AvgIpc) is 2.68. The molecule has 0 saturated carbocycles. The van der Waals surface area contributed by atoms with E-state index in [-0.39, 0.29) is 0 Å². The fourth-order valence-corrected chi connectivity index (χ4v) is 3.02.